The number of halogens is 1. The molecule has 0 saturated heterocycles. The zero-order valence-corrected chi connectivity index (χ0v) is 8.08. The van der Waals surface area contributed by atoms with Gasteiger partial charge in [-0.2, -0.15) is 0 Å². The Kier molecular flexibility index (Phi) is 2.85. The molecule has 4 nitrogen and oxygen atoms in total. The number of rotatable bonds is 1. The molecule has 0 unspecified atom stereocenters. The summed E-state index contributed by atoms with van der Waals surface area (Å²) in [4.78, 5) is 0. The Balaban J connectivity index is 0.000000845. The van der Waals surface area contributed by atoms with Crippen molar-refractivity contribution >= 4 is 23.4 Å². The molecule has 0 bridgehead atoms. The summed E-state index contributed by atoms with van der Waals surface area (Å²) in [6, 6.07) is 5.94. The van der Waals surface area contributed by atoms with E-state index in [2.05, 4.69) is 10.3 Å². The minimum Gasteiger partial charge on any atom is -0.326 e. The van der Waals surface area contributed by atoms with Gasteiger partial charge in [-0.15, -0.1) is 17.5 Å². The minimum absolute atomic E-state index is 0. The zero-order valence-electron chi connectivity index (χ0n) is 7.27. The third-order valence-electron chi connectivity index (χ3n) is 1.91. The van der Waals surface area contributed by atoms with Crippen LogP contribution in [-0.4, -0.2) is 15.0 Å². The normalized spacial score (nSPS) is 10.0. The average molecular weight is 199 g/mol. The Labute approximate surface area is 82.1 Å². The summed E-state index contributed by atoms with van der Waals surface area (Å²) in [6.07, 6.45) is 0. The largest absolute Gasteiger partial charge is 0.326 e. The molecule has 1 aromatic heterocycles. The Morgan fingerprint density at radius 2 is 2.23 bits per heavy atom. The number of hydrogen-bond donors (Lipinski definition) is 1. The summed E-state index contributed by atoms with van der Waals surface area (Å²) in [7, 11) is 1.87. The van der Waals surface area contributed by atoms with E-state index < -0.39 is 0 Å². The van der Waals surface area contributed by atoms with Crippen LogP contribution in [0.3, 0.4) is 0 Å². The zero-order chi connectivity index (χ0) is 8.55. The van der Waals surface area contributed by atoms with Crippen LogP contribution < -0.4 is 5.73 Å². The minimum atomic E-state index is 0. The third kappa shape index (κ3) is 1.64. The van der Waals surface area contributed by atoms with Crippen LogP contribution in [0.15, 0.2) is 18.2 Å². The van der Waals surface area contributed by atoms with E-state index in [-0.39, 0.29) is 12.4 Å². The lowest BCUT2D eigenvalue weighted by Gasteiger charge is -1.95. The molecule has 2 rings (SSSR count). The fraction of sp³-hybridized carbons (Fsp3) is 0.250. The topological polar surface area (TPSA) is 56.7 Å². The van der Waals surface area contributed by atoms with Crippen LogP contribution in [0.5, 0.6) is 0 Å². The fourth-order valence-electron chi connectivity index (χ4n) is 1.21. The quantitative estimate of drug-likeness (QED) is 0.739. The second kappa shape index (κ2) is 3.72. The van der Waals surface area contributed by atoms with Gasteiger partial charge >= 0.3 is 0 Å². The number of aromatic nitrogens is 3. The predicted octanol–water partition coefficient (Wildman–Crippen LogP) is 0.849. The molecule has 0 saturated carbocycles. The van der Waals surface area contributed by atoms with Crippen molar-refractivity contribution in [1.29, 1.82) is 0 Å². The van der Waals surface area contributed by atoms with Crippen molar-refractivity contribution in [2.24, 2.45) is 12.8 Å². The first-order chi connectivity index (χ1) is 5.81. The molecule has 1 heterocycles. The third-order valence-corrected chi connectivity index (χ3v) is 1.91. The second-order valence-corrected chi connectivity index (χ2v) is 2.74. The molecule has 5 heteroatoms. The molecule has 70 valence electrons. The first-order valence-corrected chi connectivity index (χ1v) is 3.79. The van der Waals surface area contributed by atoms with E-state index in [1.54, 1.807) is 4.68 Å². The fourth-order valence-corrected chi connectivity index (χ4v) is 1.21. The van der Waals surface area contributed by atoms with Gasteiger partial charge in [0.15, 0.2) is 0 Å². The molecule has 0 fully saturated rings. The van der Waals surface area contributed by atoms with Crippen molar-refractivity contribution < 1.29 is 0 Å². The molecule has 13 heavy (non-hydrogen) atoms. The Bertz CT molecular complexity index is 409. The molecule has 1 aromatic carbocycles. The van der Waals surface area contributed by atoms with Crippen molar-refractivity contribution in [3.8, 4) is 0 Å². The van der Waals surface area contributed by atoms with E-state index >= 15 is 0 Å². The molecular weight excluding hydrogens is 188 g/mol. The van der Waals surface area contributed by atoms with Crippen LogP contribution >= 0.6 is 12.4 Å². The molecule has 0 aliphatic rings. The smallest absolute Gasteiger partial charge is 0.113 e. The maximum atomic E-state index is 5.49. The Morgan fingerprint density at radius 3 is 2.92 bits per heavy atom. The first-order valence-electron chi connectivity index (χ1n) is 3.79. The van der Waals surface area contributed by atoms with E-state index in [0.717, 1.165) is 16.6 Å². The molecule has 0 atom stereocenters. The average Bonchev–Trinajstić information content (AvgIpc) is 2.47. The van der Waals surface area contributed by atoms with Crippen molar-refractivity contribution in [1.82, 2.24) is 15.0 Å². The van der Waals surface area contributed by atoms with E-state index in [9.17, 15) is 0 Å². The summed E-state index contributed by atoms with van der Waals surface area (Å²) >= 11 is 0. The van der Waals surface area contributed by atoms with Gasteiger partial charge in [-0.1, -0.05) is 11.3 Å². The summed E-state index contributed by atoms with van der Waals surface area (Å²) in [6.45, 7) is 0.548. The van der Waals surface area contributed by atoms with Gasteiger partial charge in [0.1, 0.15) is 5.52 Å². The van der Waals surface area contributed by atoms with Crippen molar-refractivity contribution in [3.63, 3.8) is 0 Å². The maximum Gasteiger partial charge on any atom is 0.113 e. The molecule has 0 spiro atoms. The molecule has 0 amide bonds. The van der Waals surface area contributed by atoms with Crippen LogP contribution in [0.25, 0.3) is 11.0 Å². The Morgan fingerprint density at radius 1 is 1.46 bits per heavy atom. The van der Waals surface area contributed by atoms with Crippen molar-refractivity contribution in [2.45, 2.75) is 6.54 Å². The van der Waals surface area contributed by atoms with E-state index in [0.29, 0.717) is 6.54 Å². The van der Waals surface area contributed by atoms with Gasteiger partial charge in [0.05, 0.1) is 5.52 Å². The summed E-state index contributed by atoms with van der Waals surface area (Å²) in [5.41, 5.74) is 8.52. The molecule has 0 radical (unpaired) electrons. The number of aryl methyl sites for hydroxylation is 1. The molecule has 2 aromatic rings. The van der Waals surface area contributed by atoms with Gasteiger partial charge < -0.3 is 5.73 Å². The van der Waals surface area contributed by atoms with Crippen LogP contribution in [0.1, 0.15) is 5.56 Å². The first kappa shape index (κ1) is 9.95. The van der Waals surface area contributed by atoms with Crippen molar-refractivity contribution in [3.05, 3.63) is 23.8 Å². The number of fused-ring (bicyclic) bond motifs is 1. The number of benzene rings is 1. The highest BCUT2D eigenvalue weighted by Gasteiger charge is 2.00. The summed E-state index contributed by atoms with van der Waals surface area (Å²) < 4.78 is 1.75. The molecule has 0 aliphatic carbocycles. The van der Waals surface area contributed by atoms with E-state index in [1.165, 1.54) is 0 Å². The van der Waals surface area contributed by atoms with Gasteiger partial charge in [-0.05, 0) is 17.7 Å². The lowest BCUT2D eigenvalue weighted by molar-refractivity contribution is 0.736. The van der Waals surface area contributed by atoms with Gasteiger partial charge in [0.25, 0.3) is 0 Å². The monoisotopic (exact) mass is 198 g/mol. The SMILES string of the molecule is Cl.Cn1nnc2cc(CN)ccc21. The highest BCUT2D eigenvalue weighted by atomic mass is 35.5. The van der Waals surface area contributed by atoms with Gasteiger partial charge in [0, 0.05) is 13.6 Å². The van der Waals surface area contributed by atoms with Gasteiger partial charge in [-0.3, -0.25) is 0 Å². The molecular formula is C8H11ClN4. The number of nitrogens with two attached hydrogens (primary N) is 1. The molecule has 0 aliphatic heterocycles. The van der Waals surface area contributed by atoms with Crippen LogP contribution in [0, 0.1) is 0 Å². The van der Waals surface area contributed by atoms with Crippen molar-refractivity contribution in [2.75, 3.05) is 0 Å². The molecule has 2 N–H and O–H groups in total. The second-order valence-electron chi connectivity index (χ2n) is 2.74. The predicted molar refractivity (Wildman–Crippen MR) is 53.6 cm³/mol. The standard InChI is InChI=1S/C8H10N4.ClH/c1-12-8-3-2-6(5-9)4-7(8)10-11-12;/h2-4H,5,9H2,1H3;1H. The van der Waals surface area contributed by atoms with Gasteiger partial charge in [-0.25, -0.2) is 4.68 Å². The maximum absolute atomic E-state index is 5.49. The lowest BCUT2D eigenvalue weighted by atomic mass is 10.2. The van der Waals surface area contributed by atoms with Gasteiger partial charge in [0.2, 0.25) is 0 Å². The highest BCUT2D eigenvalue weighted by molar-refractivity contribution is 5.85. The summed E-state index contributed by atoms with van der Waals surface area (Å²) in [5.74, 6) is 0. The van der Waals surface area contributed by atoms with Crippen LogP contribution in [0.2, 0.25) is 0 Å². The lowest BCUT2D eigenvalue weighted by Crippen LogP contribution is -1.95. The Hall–Kier alpha value is -1.13. The number of hydrogen-bond acceptors (Lipinski definition) is 3. The van der Waals surface area contributed by atoms with E-state index in [4.69, 9.17) is 5.73 Å². The van der Waals surface area contributed by atoms with Crippen LogP contribution in [0.4, 0.5) is 0 Å². The highest BCUT2D eigenvalue weighted by Crippen LogP contribution is 2.11. The van der Waals surface area contributed by atoms with Crippen LogP contribution in [-0.2, 0) is 13.6 Å². The van der Waals surface area contributed by atoms with E-state index in [1.807, 2.05) is 25.2 Å². The number of nitrogens with zero attached hydrogens (tertiary/aromatic N) is 3. The summed E-state index contributed by atoms with van der Waals surface area (Å²) in [5, 5.41) is 7.88.